The zero-order chi connectivity index (χ0) is 13.6. The van der Waals surface area contributed by atoms with Crippen LogP contribution < -0.4 is 16.2 Å². The molecular formula is C13H22N4O. The molecule has 5 nitrogen and oxygen atoms in total. The summed E-state index contributed by atoms with van der Waals surface area (Å²) in [4.78, 5) is 18.5. The lowest BCUT2D eigenvalue weighted by atomic mass is 9.88. The molecule has 0 aliphatic carbocycles. The summed E-state index contributed by atoms with van der Waals surface area (Å²) in [5.74, 6) is 0.516. The first-order chi connectivity index (χ1) is 8.27. The second kappa shape index (κ2) is 4.09. The number of rotatable bonds is 2. The van der Waals surface area contributed by atoms with E-state index in [2.05, 4.69) is 11.9 Å². The average Bonchev–Trinajstić information content (AvgIpc) is 2.24. The monoisotopic (exact) mass is 250 g/mol. The van der Waals surface area contributed by atoms with E-state index in [9.17, 15) is 4.79 Å². The fourth-order valence-electron chi connectivity index (χ4n) is 2.23. The Balaban J connectivity index is 2.30. The molecule has 0 saturated carbocycles. The van der Waals surface area contributed by atoms with E-state index in [1.807, 2.05) is 25.7 Å². The first-order valence-electron chi connectivity index (χ1n) is 6.39. The SMILES string of the molecule is CCC1(N)CN(c2nccn(C(C)(C)C)c2=O)C1. The molecule has 0 spiro atoms. The summed E-state index contributed by atoms with van der Waals surface area (Å²) in [6.07, 6.45) is 4.34. The van der Waals surface area contributed by atoms with Crippen LogP contribution in [-0.4, -0.2) is 28.2 Å². The van der Waals surface area contributed by atoms with E-state index in [4.69, 9.17) is 5.73 Å². The highest BCUT2D eigenvalue weighted by molar-refractivity contribution is 5.42. The summed E-state index contributed by atoms with van der Waals surface area (Å²) in [7, 11) is 0. The van der Waals surface area contributed by atoms with Crippen LogP contribution in [0.4, 0.5) is 5.82 Å². The molecule has 0 atom stereocenters. The Labute approximate surface area is 108 Å². The number of nitrogens with two attached hydrogens (primary N) is 1. The zero-order valence-electron chi connectivity index (χ0n) is 11.6. The Morgan fingerprint density at radius 2 is 2.06 bits per heavy atom. The van der Waals surface area contributed by atoms with Crippen molar-refractivity contribution in [3.05, 3.63) is 22.7 Å². The molecule has 1 aromatic rings. The molecule has 2 heterocycles. The number of hydrogen-bond donors (Lipinski definition) is 1. The van der Waals surface area contributed by atoms with Crippen LogP contribution in [0.15, 0.2) is 17.2 Å². The molecule has 1 aromatic heterocycles. The number of nitrogens with zero attached hydrogens (tertiary/aromatic N) is 3. The van der Waals surface area contributed by atoms with Gasteiger partial charge in [0.2, 0.25) is 0 Å². The van der Waals surface area contributed by atoms with Crippen molar-refractivity contribution in [2.75, 3.05) is 18.0 Å². The Hall–Kier alpha value is -1.36. The quantitative estimate of drug-likeness (QED) is 0.848. The van der Waals surface area contributed by atoms with Gasteiger partial charge in [-0.3, -0.25) is 4.79 Å². The Morgan fingerprint density at radius 1 is 1.44 bits per heavy atom. The van der Waals surface area contributed by atoms with Crippen molar-refractivity contribution in [3.8, 4) is 0 Å². The summed E-state index contributed by atoms with van der Waals surface area (Å²) >= 11 is 0. The molecule has 1 fully saturated rings. The van der Waals surface area contributed by atoms with Gasteiger partial charge in [-0.15, -0.1) is 0 Å². The molecular weight excluding hydrogens is 228 g/mol. The molecule has 2 rings (SSSR count). The summed E-state index contributed by atoms with van der Waals surface area (Å²) in [6.45, 7) is 9.51. The Morgan fingerprint density at radius 3 is 2.56 bits per heavy atom. The van der Waals surface area contributed by atoms with Crippen LogP contribution in [0.1, 0.15) is 34.1 Å². The molecule has 0 bridgehead atoms. The highest BCUT2D eigenvalue weighted by Gasteiger charge is 2.39. The molecule has 0 radical (unpaired) electrons. The van der Waals surface area contributed by atoms with E-state index in [-0.39, 0.29) is 16.6 Å². The molecule has 0 amide bonds. The van der Waals surface area contributed by atoms with Gasteiger partial charge in [-0.1, -0.05) is 6.92 Å². The average molecular weight is 250 g/mol. The molecule has 0 aromatic carbocycles. The lowest BCUT2D eigenvalue weighted by molar-refractivity contribution is 0.316. The number of aromatic nitrogens is 2. The lowest BCUT2D eigenvalue weighted by Crippen LogP contribution is -2.68. The van der Waals surface area contributed by atoms with Gasteiger partial charge in [0.1, 0.15) is 0 Å². The molecule has 0 unspecified atom stereocenters. The van der Waals surface area contributed by atoms with Crippen molar-refractivity contribution in [2.24, 2.45) is 5.73 Å². The van der Waals surface area contributed by atoms with Crippen LogP contribution in [0.25, 0.3) is 0 Å². The minimum atomic E-state index is -0.232. The van der Waals surface area contributed by atoms with Gasteiger partial charge in [-0.05, 0) is 27.2 Å². The lowest BCUT2D eigenvalue weighted by Gasteiger charge is -2.47. The standard InChI is InChI=1S/C13H22N4O/c1-5-13(14)8-16(9-13)10-11(18)17(7-6-15-10)12(2,3)4/h6-7H,5,8-9,14H2,1-4H3. The van der Waals surface area contributed by atoms with Crippen molar-refractivity contribution in [1.29, 1.82) is 0 Å². The van der Waals surface area contributed by atoms with Crippen LogP contribution in [0.3, 0.4) is 0 Å². The van der Waals surface area contributed by atoms with Crippen LogP contribution >= 0.6 is 0 Å². The molecule has 2 N–H and O–H groups in total. The third-order valence-corrected chi connectivity index (χ3v) is 3.56. The number of hydrogen-bond acceptors (Lipinski definition) is 4. The smallest absolute Gasteiger partial charge is 0.293 e. The summed E-state index contributed by atoms with van der Waals surface area (Å²) < 4.78 is 1.72. The Kier molecular flexibility index (Phi) is 2.97. The van der Waals surface area contributed by atoms with Crippen molar-refractivity contribution in [1.82, 2.24) is 9.55 Å². The van der Waals surface area contributed by atoms with Crippen LogP contribution in [0.5, 0.6) is 0 Å². The first kappa shape index (κ1) is 13.1. The zero-order valence-corrected chi connectivity index (χ0v) is 11.6. The van der Waals surface area contributed by atoms with Crippen molar-refractivity contribution >= 4 is 5.82 Å². The van der Waals surface area contributed by atoms with Crippen LogP contribution in [0, 0.1) is 0 Å². The molecule has 5 heteroatoms. The Bertz CT molecular complexity index is 494. The minimum absolute atomic E-state index is 0.0387. The van der Waals surface area contributed by atoms with Crippen molar-refractivity contribution in [2.45, 2.75) is 45.2 Å². The largest absolute Gasteiger partial charge is 0.348 e. The van der Waals surface area contributed by atoms with E-state index < -0.39 is 0 Å². The molecule has 100 valence electrons. The fourth-order valence-corrected chi connectivity index (χ4v) is 2.23. The van der Waals surface area contributed by atoms with Gasteiger partial charge < -0.3 is 15.2 Å². The van der Waals surface area contributed by atoms with Crippen LogP contribution in [0.2, 0.25) is 0 Å². The molecule has 1 aliphatic rings. The predicted molar refractivity (Wildman–Crippen MR) is 72.9 cm³/mol. The number of anilines is 1. The van der Waals surface area contributed by atoms with Gasteiger partial charge in [-0.25, -0.2) is 4.98 Å². The highest BCUT2D eigenvalue weighted by Crippen LogP contribution is 2.24. The summed E-state index contributed by atoms with van der Waals surface area (Å²) in [5, 5.41) is 0. The van der Waals surface area contributed by atoms with E-state index in [1.165, 1.54) is 0 Å². The maximum atomic E-state index is 12.4. The maximum absolute atomic E-state index is 12.4. The molecule has 1 aliphatic heterocycles. The minimum Gasteiger partial charge on any atom is -0.348 e. The van der Waals surface area contributed by atoms with Gasteiger partial charge in [-0.2, -0.15) is 0 Å². The fraction of sp³-hybridized carbons (Fsp3) is 0.692. The molecule has 1 saturated heterocycles. The van der Waals surface area contributed by atoms with E-state index in [0.717, 1.165) is 6.42 Å². The van der Waals surface area contributed by atoms with E-state index in [0.29, 0.717) is 18.9 Å². The summed E-state index contributed by atoms with van der Waals surface area (Å²) in [6, 6.07) is 0. The predicted octanol–water partition coefficient (Wildman–Crippen LogP) is 0.926. The first-order valence-corrected chi connectivity index (χ1v) is 6.39. The van der Waals surface area contributed by atoms with Gasteiger partial charge in [0.25, 0.3) is 5.56 Å². The van der Waals surface area contributed by atoms with Gasteiger partial charge in [0.15, 0.2) is 5.82 Å². The highest BCUT2D eigenvalue weighted by atomic mass is 16.1. The second-order valence-corrected chi connectivity index (χ2v) is 6.17. The summed E-state index contributed by atoms with van der Waals surface area (Å²) in [5.41, 5.74) is 5.70. The van der Waals surface area contributed by atoms with Gasteiger partial charge in [0, 0.05) is 31.0 Å². The third kappa shape index (κ3) is 2.14. The molecule has 18 heavy (non-hydrogen) atoms. The van der Waals surface area contributed by atoms with E-state index >= 15 is 0 Å². The normalized spacial score (nSPS) is 18.6. The van der Waals surface area contributed by atoms with Crippen molar-refractivity contribution < 1.29 is 0 Å². The van der Waals surface area contributed by atoms with Gasteiger partial charge >= 0.3 is 0 Å². The van der Waals surface area contributed by atoms with Crippen LogP contribution in [-0.2, 0) is 5.54 Å². The third-order valence-electron chi connectivity index (χ3n) is 3.56. The second-order valence-electron chi connectivity index (χ2n) is 6.17. The van der Waals surface area contributed by atoms with Gasteiger partial charge in [0.05, 0.1) is 5.54 Å². The maximum Gasteiger partial charge on any atom is 0.293 e. The van der Waals surface area contributed by atoms with Crippen molar-refractivity contribution in [3.63, 3.8) is 0 Å². The van der Waals surface area contributed by atoms with E-state index in [1.54, 1.807) is 17.0 Å². The topological polar surface area (TPSA) is 64.2 Å².